The number of aromatic carboxylic acids is 1. The molecule has 6 N–H and O–H groups in total. The lowest BCUT2D eigenvalue weighted by Gasteiger charge is -2.24. The summed E-state index contributed by atoms with van der Waals surface area (Å²) in [6.07, 6.45) is 2.50. The van der Waals surface area contributed by atoms with Gasteiger partial charge in [-0.15, -0.1) is 0 Å². The Balaban J connectivity index is 1.50. The van der Waals surface area contributed by atoms with Crippen LogP contribution in [0.15, 0.2) is 41.3 Å². The number of nitrogen functional groups attached to an aromatic ring is 1. The van der Waals surface area contributed by atoms with Crippen LogP contribution in [0.25, 0.3) is 10.9 Å². The fourth-order valence-corrected chi connectivity index (χ4v) is 4.86. The average Bonchev–Trinajstić information content (AvgIpc) is 3.63. The van der Waals surface area contributed by atoms with Gasteiger partial charge in [-0.25, -0.2) is 13.6 Å². The SMILES string of the molecule is NCC1CN(c2c(F)c(N)c3c(=O)c(C(=O)O)cn(C4CC4)c3c2F)CC1NOCc1ccccc1. The first-order valence-corrected chi connectivity index (χ1v) is 11.8. The number of hydroxylamine groups is 1. The molecule has 2 fully saturated rings. The van der Waals surface area contributed by atoms with Crippen molar-refractivity contribution >= 4 is 28.2 Å². The molecule has 1 aromatic heterocycles. The molecular formula is C25H27F2N5O4. The van der Waals surface area contributed by atoms with E-state index in [4.69, 9.17) is 16.3 Å². The minimum absolute atomic E-state index is 0.170. The maximum atomic E-state index is 16.0. The van der Waals surface area contributed by atoms with E-state index in [-0.39, 0.29) is 48.8 Å². The van der Waals surface area contributed by atoms with Crippen molar-refractivity contribution < 1.29 is 23.5 Å². The minimum atomic E-state index is -1.48. The molecule has 190 valence electrons. The van der Waals surface area contributed by atoms with Gasteiger partial charge in [0.15, 0.2) is 11.6 Å². The number of carboxylic acids is 1. The molecule has 5 rings (SSSR count). The van der Waals surface area contributed by atoms with E-state index < -0.39 is 39.7 Å². The van der Waals surface area contributed by atoms with Gasteiger partial charge in [0.25, 0.3) is 0 Å². The number of nitrogens with two attached hydrogens (primary N) is 2. The van der Waals surface area contributed by atoms with Crippen molar-refractivity contribution in [1.29, 1.82) is 0 Å². The van der Waals surface area contributed by atoms with Crippen LogP contribution in [0.2, 0.25) is 0 Å². The second kappa shape index (κ2) is 9.49. The minimum Gasteiger partial charge on any atom is -0.477 e. The number of nitrogens with zero attached hydrogens (tertiary/aromatic N) is 2. The van der Waals surface area contributed by atoms with Crippen LogP contribution in [0.5, 0.6) is 0 Å². The average molecular weight is 500 g/mol. The highest BCUT2D eigenvalue weighted by Crippen LogP contribution is 2.42. The Bertz CT molecular complexity index is 1380. The lowest BCUT2D eigenvalue weighted by molar-refractivity contribution is -0.000485. The Morgan fingerprint density at radius 1 is 1.17 bits per heavy atom. The third-order valence-electron chi connectivity index (χ3n) is 6.91. The number of carbonyl (C=O) groups is 1. The summed E-state index contributed by atoms with van der Waals surface area (Å²) < 4.78 is 33.0. The molecule has 36 heavy (non-hydrogen) atoms. The van der Waals surface area contributed by atoms with Gasteiger partial charge in [0.2, 0.25) is 5.43 Å². The van der Waals surface area contributed by atoms with Gasteiger partial charge in [-0.05, 0) is 24.9 Å². The first kappa shape index (κ1) is 24.2. The Morgan fingerprint density at radius 2 is 1.89 bits per heavy atom. The molecule has 2 unspecified atom stereocenters. The highest BCUT2D eigenvalue weighted by Gasteiger charge is 2.38. The fraction of sp³-hybridized carbons (Fsp3) is 0.360. The predicted molar refractivity (Wildman–Crippen MR) is 131 cm³/mol. The van der Waals surface area contributed by atoms with Crippen LogP contribution < -0.4 is 27.3 Å². The van der Waals surface area contributed by atoms with E-state index in [1.165, 1.54) is 9.47 Å². The third-order valence-corrected chi connectivity index (χ3v) is 6.91. The lowest BCUT2D eigenvalue weighted by atomic mass is 10.1. The summed E-state index contributed by atoms with van der Waals surface area (Å²) in [6.45, 7) is 0.989. The first-order chi connectivity index (χ1) is 17.3. The Kier molecular flexibility index (Phi) is 6.37. The van der Waals surface area contributed by atoms with Crippen LogP contribution in [0, 0.1) is 17.6 Å². The molecule has 0 bridgehead atoms. The van der Waals surface area contributed by atoms with Crippen molar-refractivity contribution in [2.75, 3.05) is 30.3 Å². The summed E-state index contributed by atoms with van der Waals surface area (Å²) in [5.74, 6) is -3.69. The summed E-state index contributed by atoms with van der Waals surface area (Å²) in [6, 6.07) is 9.04. The number of carboxylic acid groups (broad SMARTS) is 1. The van der Waals surface area contributed by atoms with Gasteiger partial charge in [-0.2, -0.15) is 5.48 Å². The third kappa shape index (κ3) is 4.19. The van der Waals surface area contributed by atoms with E-state index >= 15 is 8.78 Å². The van der Waals surface area contributed by atoms with E-state index in [9.17, 15) is 14.7 Å². The van der Waals surface area contributed by atoms with E-state index in [1.54, 1.807) is 0 Å². The van der Waals surface area contributed by atoms with Gasteiger partial charge in [0.1, 0.15) is 11.3 Å². The van der Waals surface area contributed by atoms with E-state index in [2.05, 4.69) is 5.48 Å². The summed E-state index contributed by atoms with van der Waals surface area (Å²) in [5, 5.41) is 9.01. The molecule has 1 saturated carbocycles. The quantitative estimate of drug-likeness (QED) is 0.274. The number of anilines is 2. The predicted octanol–water partition coefficient (Wildman–Crippen LogP) is 2.38. The number of hydrogen-bond acceptors (Lipinski definition) is 7. The molecule has 0 spiro atoms. The summed E-state index contributed by atoms with van der Waals surface area (Å²) in [7, 11) is 0. The zero-order valence-electron chi connectivity index (χ0n) is 19.4. The molecule has 0 radical (unpaired) electrons. The normalized spacial score (nSPS) is 19.8. The number of halogens is 2. The van der Waals surface area contributed by atoms with Gasteiger partial charge in [-0.1, -0.05) is 30.3 Å². The molecule has 3 aromatic rings. The Morgan fingerprint density at radius 3 is 2.53 bits per heavy atom. The van der Waals surface area contributed by atoms with E-state index in [1.807, 2.05) is 30.3 Å². The highest BCUT2D eigenvalue weighted by molar-refractivity contribution is 5.99. The van der Waals surface area contributed by atoms with Gasteiger partial charge in [0, 0.05) is 31.2 Å². The second-order valence-corrected chi connectivity index (χ2v) is 9.33. The van der Waals surface area contributed by atoms with Crippen molar-refractivity contribution in [2.24, 2.45) is 11.7 Å². The van der Waals surface area contributed by atoms with Gasteiger partial charge >= 0.3 is 5.97 Å². The van der Waals surface area contributed by atoms with Crippen molar-refractivity contribution in [3.05, 3.63) is 69.5 Å². The Labute approximate surface area is 205 Å². The number of hydrogen-bond donors (Lipinski definition) is 4. The van der Waals surface area contributed by atoms with Gasteiger partial charge in [0.05, 0.1) is 29.2 Å². The molecule has 1 aliphatic heterocycles. The summed E-state index contributed by atoms with van der Waals surface area (Å²) in [4.78, 5) is 31.6. The van der Waals surface area contributed by atoms with Crippen LogP contribution >= 0.6 is 0 Å². The molecule has 11 heteroatoms. The number of fused-ring (bicyclic) bond motifs is 1. The Hall–Kier alpha value is -3.54. The van der Waals surface area contributed by atoms with Crippen molar-refractivity contribution in [3.63, 3.8) is 0 Å². The van der Waals surface area contributed by atoms with Crippen LogP contribution in [0.1, 0.15) is 34.8 Å². The zero-order chi connectivity index (χ0) is 25.6. The van der Waals surface area contributed by atoms with Crippen molar-refractivity contribution in [2.45, 2.75) is 31.5 Å². The molecule has 2 heterocycles. The molecule has 2 aliphatic rings. The second-order valence-electron chi connectivity index (χ2n) is 9.33. The first-order valence-electron chi connectivity index (χ1n) is 11.8. The number of rotatable bonds is 8. The maximum Gasteiger partial charge on any atom is 0.341 e. The highest BCUT2D eigenvalue weighted by atomic mass is 19.1. The number of benzene rings is 2. The fourth-order valence-electron chi connectivity index (χ4n) is 4.86. The van der Waals surface area contributed by atoms with Gasteiger partial charge in [-0.3, -0.25) is 9.63 Å². The molecule has 1 saturated heterocycles. The lowest BCUT2D eigenvalue weighted by Crippen LogP contribution is -2.39. The topological polar surface area (TPSA) is 136 Å². The van der Waals surface area contributed by atoms with E-state index in [0.29, 0.717) is 19.4 Å². The van der Waals surface area contributed by atoms with Crippen LogP contribution in [-0.2, 0) is 11.4 Å². The standard InChI is InChI=1S/C25H27F2N5O4/c26-19-21(29)18-22(32(15-6-7-15)10-16(24(18)33)25(34)35)20(27)23(19)31-9-14(8-28)17(11-31)30-36-12-13-4-2-1-3-5-13/h1-5,10,14-15,17,30H,6-9,11-12,28-29H2,(H,34,35). The van der Waals surface area contributed by atoms with Gasteiger partial charge < -0.3 is 26.0 Å². The molecule has 0 amide bonds. The number of nitrogens with one attached hydrogen (secondary N) is 1. The molecule has 2 aromatic carbocycles. The summed E-state index contributed by atoms with van der Waals surface area (Å²) >= 11 is 0. The monoisotopic (exact) mass is 499 g/mol. The summed E-state index contributed by atoms with van der Waals surface area (Å²) in [5.41, 5.74) is 13.2. The number of pyridine rings is 1. The van der Waals surface area contributed by atoms with Crippen LogP contribution in [0.3, 0.4) is 0 Å². The smallest absolute Gasteiger partial charge is 0.341 e. The van der Waals surface area contributed by atoms with Crippen molar-refractivity contribution in [3.8, 4) is 0 Å². The van der Waals surface area contributed by atoms with Crippen LogP contribution in [-0.4, -0.2) is 41.3 Å². The molecule has 1 aliphatic carbocycles. The molecule has 9 nitrogen and oxygen atoms in total. The molecule has 2 atom stereocenters. The zero-order valence-corrected chi connectivity index (χ0v) is 19.4. The largest absolute Gasteiger partial charge is 0.477 e. The van der Waals surface area contributed by atoms with Crippen LogP contribution in [0.4, 0.5) is 20.2 Å². The maximum absolute atomic E-state index is 16.0. The van der Waals surface area contributed by atoms with Crippen molar-refractivity contribution in [1.82, 2.24) is 10.0 Å². The molecular weight excluding hydrogens is 472 g/mol. The number of aromatic nitrogens is 1. The van der Waals surface area contributed by atoms with E-state index in [0.717, 1.165) is 11.8 Å².